The highest BCUT2D eigenvalue weighted by molar-refractivity contribution is 5.98. The van der Waals surface area contributed by atoms with Crippen molar-refractivity contribution in [3.63, 3.8) is 0 Å². The molecule has 0 amide bonds. The number of anilines is 1. The minimum Gasteiger partial charge on any atom is -0.496 e. The van der Waals surface area contributed by atoms with E-state index in [0.717, 1.165) is 34.6 Å². The smallest absolute Gasteiger partial charge is 0.228 e. The van der Waals surface area contributed by atoms with Crippen molar-refractivity contribution in [2.45, 2.75) is 64.0 Å². The Morgan fingerprint density at radius 2 is 1.91 bits per heavy atom. The van der Waals surface area contributed by atoms with E-state index in [2.05, 4.69) is 55.1 Å². The topological polar surface area (TPSA) is 47.0 Å². The van der Waals surface area contributed by atoms with Crippen molar-refractivity contribution in [3.8, 4) is 11.5 Å². The van der Waals surface area contributed by atoms with Gasteiger partial charge in [0.2, 0.25) is 5.72 Å². The monoisotopic (exact) mass is 455 g/mol. The predicted octanol–water partition coefficient (Wildman–Crippen LogP) is 6.72. The summed E-state index contributed by atoms with van der Waals surface area (Å²) < 4.78 is 12.8. The van der Waals surface area contributed by atoms with Gasteiger partial charge in [-0.1, -0.05) is 19.3 Å². The second kappa shape index (κ2) is 7.72. The first-order valence-electron chi connectivity index (χ1n) is 12.5. The molecule has 0 N–H and O–H groups in total. The van der Waals surface area contributed by atoms with Crippen molar-refractivity contribution in [2.75, 3.05) is 18.6 Å². The van der Waals surface area contributed by atoms with Crippen LogP contribution in [0, 0.1) is 12.8 Å². The summed E-state index contributed by atoms with van der Waals surface area (Å²) in [7, 11) is 1.75. The van der Waals surface area contributed by atoms with Gasteiger partial charge >= 0.3 is 0 Å². The third-order valence-electron chi connectivity index (χ3n) is 8.34. The largest absolute Gasteiger partial charge is 0.496 e. The molecule has 1 aromatic heterocycles. The molecule has 0 saturated heterocycles. The summed E-state index contributed by atoms with van der Waals surface area (Å²) >= 11 is 0. The van der Waals surface area contributed by atoms with Crippen LogP contribution in [-0.4, -0.2) is 30.6 Å². The Labute approximate surface area is 201 Å². The molecule has 3 aliphatic rings. The van der Waals surface area contributed by atoms with Gasteiger partial charge in [0.05, 0.1) is 24.3 Å². The Hall–Kier alpha value is -3.08. The lowest BCUT2D eigenvalue weighted by molar-refractivity contribution is 0.0731. The number of hydrogen-bond acceptors (Lipinski definition) is 5. The van der Waals surface area contributed by atoms with E-state index in [1.165, 1.54) is 48.9 Å². The number of rotatable bonds is 3. The van der Waals surface area contributed by atoms with Crippen LogP contribution in [0.4, 0.5) is 11.4 Å². The van der Waals surface area contributed by atoms with Gasteiger partial charge in [-0.3, -0.25) is 9.98 Å². The molecule has 3 heterocycles. The molecule has 1 atom stereocenters. The van der Waals surface area contributed by atoms with E-state index >= 15 is 0 Å². The zero-order valence-corrected chi connectivity index (χ0v) is 20.6. The molecule has 0 radical (unpaired) electrons. The van der Waals surface area contributed by atoms with E-state index in [9.17, 15) is 0 Å². The fourth-order valence-corrected chi connectivity index (χ4v) is 6.56. The van der Waals surface area contributed by atoms with Crippen molar-refractivity contribution in [1.29, 1.82) is 0 Å². The molecule has 1 spiro atoms. The summed E-state index contributed by atoms with van der Waals surface area (Å²) in [6.07, 6.45) is 10.4. The lowest BCUT2D eigenvalue weighted by Crippen LogP contribution is -2.63. The summed E-state index contributed by atoms with van der Waals surface area (Å²) in [5.74, 6) is 2.41. The third-order valence-corrected chi connectivity index (χ3v) is 8.34. The number of pyridine rings is 1. The molecule has 0 bridgehead atoms. The third kappa shape index (κ3) is 2.92. The van der Waals surface area contributed by atoms with Crippen molar-refractivity contribution in [3.05, 3.63) is 53.7 Å². The maximum Gasteiger partial charge on any atom is 0.228 e. The molecule has 1 saturated carbocycles. The molecule has 2 aliphatic heterocycles. The standard InChI is InChI=1S/C29H33N3O2/c1-19-24(33-4)15-13-23-26(19)28(2,3)29(32(23)17-20-9-6-5-7-10-20)18-31-27-21-11-8-16-30-22(21)12-14-25(27)34-29/h8,11-16,18,20H,5-7,9-10,17H2,1-4H3. The van der Waals surface area contributed by atoms with Crippen LogP contribution >= 0.6 is 0 Å². The number of ether oxygens (including phenoxy) is 2. The van der Waals surface area contributed by atoms with Gasteiger partial charge in [-0.2, -0.15) is 0 Å². The van der Waals surface area contributed by atoms with Crippen molar-refractivity contribution in [2.24, 2.45) is 10.9 Å². The van der Waals surface area contributed by atoms with Crippen LogP contribution in [0.15, 0.2) is 47.6 Å². The SMILES string of the molecule is COc1ccc2c(c1C)C(C)(C)C1(C=Nc3c(ccc4ncccc34)O1)N2CC1CCCCC1. The van der Waals surface area contributed by atoms with Gasteiger partial charge in [0.25, 0.3) is 0 Å². The van der Waals surface area contributed by atoms with E-state index in [1.807, 2.05) is 24.4 Å². The van der Waals surface area contributed by atoms with Crippen molar-refractivity contribution < 1.29 is 9.47 Å². The molecule has 3 aromatic rings. The first-order chi connectivity index (χ1) is 16.5. The molecular formula is C29H33N3O2. The number of methoxy groups -OCH3 is 1. The number of nitrogens with zero attached hydrogens (tertiary/aromatic N) is 3. The average Bonchev–Trinajstić information content (AvgIpc) is 3.03. The van der Waals surface area contributed by atoms with E-state index in [-0.39, 0.29) is 5.41 Å². The Kier molecular flexibility index (Phi) is 4.87. The second-order valence-corrected chi connectivity index (χ2v) is 10.6. The van der Waals surface area contributed by atoms with E-state index in [1.54, 1.807) is 7.11 Å². The second-order valence-electron chi connectivity index (χ2n) is 10.6. The summed E-state index contributed by atoms with van der Waals surface area (Å²) in [4.78, 5) is 12.1. The van der Waals surface area contributed by atoms with E-state index in [4.69, 9.17) is 14.5 Å². The molecule has 1 fully saturated rings. The number of aromatic nitrogens is 1. The number of hydrogen-bond donors (Lipinski definition) is 0. The lowest BCUT2D eigenvalue weighted by atomic mass is 9.75. The highest BCUT2D eigenvalue weighted by Gasteiger charge is 2.60. The lowest BCUT2D eigenvalue weighted by Gasteiger charge is -2.47. The predicted molar refractivity (Wildman–Crippen MR) is 138 cm³/mol. The van der Waals surface area contributed by atoms with Crippen LogP contribution in [0.3, 0.4) is 0 Å². The van der Waals surface area contributed by atoms with Gasteiger partial charge in [-0.25, -0.2) is 0 Å². The first kappa shape index (κ1) is 21.5. The van der Waals surface area contributed by atoms with Crippen molar-refractivity contribution >= 4 is 28.5 Å². The normalized spacial score (nSPS) is 23.1. The maximum absolute atomic E-state index is 7.08. The van der Waals surface area contributed by atoms with Gasteiger partial charge in [0, 0.05) is 23.8 Å². The van der Waals surface area contributed by atoms with E-state index < -0.39 is 5.72 Å². The van der Waals surface area contributed by atoms with Crippen LogP contribution in [0.2, 0.25) is 0 Å². The van der Waals surface area contributed by atoms with Gasteiger partial charge in [0.1, 0.15) is 17.2 Å². The number of fused-ring (bicyclic) bond motifs is 4. The fourth-order valence-electron chi connectivity index (χ4n) is 6.56. The zero-order chi connectivity index (χ0) is 23.5. The van der Waals surface area contributed by atoms with Crippen LogP contribution < -0.4 is 14.4 Å². The molecule has 176 valence electrons. The highest BCUT2D eigenvalue weighted by atomic mass is 16.5. The van der Waals surface area contributed by atoms with Crippen LogP contribution in [0.25, 0.3) is 10.9 Å². The average molecular weight is 456 g/mol. The van der Waals surface area contributed by atoms with Crippen LogP contribution in [-0.2, 0) is 5.41 Å². The van der Waals surface area contributed by atoms with Gasteiger partial charge in [-0.05, 0) is 87.1 Å². The highest BCUT2D eigenvalue weighted by Crippen LogP contribution is 2.57. The quantitative estimate of drug-likeness (QED) is 0.440. The molecule has 6 rings (SSSR count). The molecule has 2 aromatic carbocycles. The van der Waals surface area contributed by atoms with E-state index in [0.29, 0.717) is 5.92 Å². The first-order valence-corrected chi connectivity index (χ1v) is 12.5. The maximum atomic E-state index is 7.08. The minimum absolute atomic E-state index is 0.333. The molecule has 34 heavy (non-hydrogen) atoms. The molecule has 5 nitrogen and oxygen atoms in total. The summed E-state index contributed by atoms with van der Waals surface area (Å²) in [6, 6.07) is 12.4. The Bertz CT molecular complexity index is 1290. The van der Waals surface area contributed by atoms with Gasteiger partial charge in [-0.15, -0.1) is 0 Å². The zero-order valence-electron chi connectivity index (χ0n) is 20.6. The number of benzene rings is 2. The molecule has 5 heteroatoms. The fraction of sp³-hybridized carbons (Fsp3) is 0.448. The summed E-state index contributed by atoms with van der Waals surface area (Å²) in [6.45, 7) is 7.72. The summed E-state index contributed by atoms with van der Waals surface area (Å²) in [5, 5.41) is 1.02. The Balaban J connectivity index is 1.52. The Morgan fingerprint density at radius 1 is 1.09 bits per heavy atom. The number of aliphatic imine (C=N–C) groups is 1. The molecular weight excluding hydrogens is 422 g/mol. The van der Waals surface area contributed by atoms with Crippen LogP contribution in [0.1, 0.15) is 57.1 Å². The van der Waals surface area contributed by atoms with Crippen LogP contribution in [0.5, 0.6) is 11.5 Å². The molecule has 1 unspecified atom stereocenters. The van der Waals surface area contributed by atoms with Crippen molar-refractivity contribution in [1.82, 2.24) is 4.98 Å². The Morgan fingerprint density at radius 3 is 2.71 bits per heavy atom. The van der Waals surface area contributed by atoms with Gasteiger partial charge < -0.3 is 14.4 Å². The van der Waals surface area contributed by atoms with Gasteiger partial charge in [0.15, 0.2) is 0 Å². The minimum atomic E-state index is -0.702. The summed E-state index contributed by atoms with van der Waals surface area (Å²) in [5.41, 5.74) is 4.49. The molecule has 1 aliphatic carbocycles.